The van der Waals surface area contributed by atoms with Crippen molar-refractivity contribution in [3.63, 3.8) is 0 Å². The Bertz CT molecular complexity index is 793. The molecule has 3 heterocycles. The van der Waals surface area contributed by atoms with Gasteiger partial charge in [-0.2, -0.15) is 13.2 Å². The molecule has 0 bridgehead atoms. The number of nitrogens with one attached hydrogen (secondary N) is 1. The van der Waals surface area contributed by atoms with E-state index in [1.54, 1.807) is 26.0 Å². The lowest BCUT2D eigenvalue weighted by Gasteiger charge is -2.34. The smallest absolute Gasteiger partial charge is 0.433 e. The molecule has 1 aliphatic heterocycles. The van der Waals surface area contributed by atoms with Crippen LogP contribution in [0.15, 0.2) is 28.8 Å². The third-order valence-electron chi connectivity index (χ3n) is 4.51. The van der Waals surface area contributed by atoms with E-state index in [1.807, 2.05) is 4.90 Å². The molecule has 1 fully saturated rings. The van der Waals surface area contributed by atoms with Gasteiger partial charge in [-0.15, -0.1) is 0 Å². The number of hydrogen-bond acceptors (Lipinski definition) is 4. The maximum absolute atomic E-state index is 12.8. The maximum atomic E-state index is 12.8. The number of alkyl halides is 3. The summed E-state index contributed by atoms with van der Waals surface area (Å²) in [6, 6.07) is 4.33. The molecule has 0 saturated carbocycles. The van der Waals surface area contributed by atoms with E-state index >= 15 is 0 Å². The van der Waals surface area contributed by atoms with Gasteiger partial charge < -0.3 is 14.6 Å². The first-order valence-electron chi connectivity index (χ1n) is 8.40. The summed E-state index contributed by atoms with van der Waals surface area (Å²) in [5.74, 6) is 1.08. The Labute approximate surface area is 149 Å². The second-order valence-corrected chi connectivity index (χ2v) is 6.46. The average molecular weight is 367 g/mol. The van der Waals surface area contributed by atoms with Gasteiger partial charge in [0.15, 0.2) is 0 Å². The number of aryl methyl sites for hydroxylation is 2. The number of carbonyl (C=O) groups is 1. The Hall–Kier alpha value is -2.51. The molecule has 0 radical (unpaired) electrons. The summed E-state index contributed by atoms with van der Waals surface area (Å²) in [5, 5.41) is 2.98. The number of rotatable bonds is 3. The zero-order valence-corrected chi connectivity index (χ0v) is 14.6. The van der Waals surface area contributed by atoms with Gasteiger partial charge in [-0.3, -0.25) is 9.78 Å². The first-order chi connectivity index (χ1) is 12.2. The Morgan fingerprint density at radius 2 is 1.96 bits per heavy atom. The van der Waals surface area contributed by atoms with Crippen LogP contribution < -0.4 is 10.2 Å². The van der Waals surface area contributed by atoms with Gasteiger partial charge in [0, 0.05) is 31.0 Å². The number of furan rings is 1. The van der Waals surface area contributed by atoms with E-state index in [0.717, 1.165) is 6.07 Å². The summed E-state index contributed by atoms with van der Waals surface area (Å²) in [5.41, 5.74) is 0.128. The molecule has 1 amide bonds. The number of piperidine rings is 1. The van der Waals surface area contributed by atoms with Crippen molar-refractivity contribution in [2.24, 2.45) is 0 Å². The first kappa shape index (κ1) is 18.3. The van der Waals surface area contributed by atoms with E-state index in [9.17, 15) is 18.0 Å². The molecule has 26 heavy (non-hydrogen) atoms. The fraction of sp³-hybridized carbons (Fsp3) is 0.444. The Kier molecular flexibility index (Phi) is 4.93. The van der Waals surface area contributed by atoms with Crippen molar-refractivity contribution in [2.45, 2.75) is 38.9 Å². The molecule has 1 aliphatic rings. The minimum atomic E-state index is -4.46. The number of nitrogens with zero attached hydrogens (tertiary/aromatic N) is 2. The number of halogens is 3. The van der Waals surface area contributed by atoms with Crippen molar-refractivity contribution in [1.29, 1.82) is 0 Å². The van der Waals surface area contributed by atoms with Crippen LogP contribution in [-0.4, -0.2) is 30.0 Å². The third kappa shape index (κ3) is 4.00. The van der Waals surface area contributed by atoms with Crippen LogP contribution in [0.1, 0.15) is 40.4 Å². The van der Waals surface area contributed by atoms with Crippen LogP contribution in [0.3, 0.4) is 0 Å². The minimum Gasteiger partial charge on any atom is -0.466 e. The molecule has 0 spiro atoms. The molecule has 2 aromatic rings. The molecule has 0 aromatic carbocycles. The molecule has 2 aromatic heterocycles. The van der Waals surface area contributed by atoms with Crippen molar-refractivity contribution in [2.75, 3.05) is 18.0 Å². The van der Waals surface area contributed by atoms with Gasteiger partial charge in [0.05, 0.1) is 5.56 Å². The summed E-state index contributed by atoms with van der Waals surface area (Å²) < 4.78 is 43.8. The minimum absolute atomic E-state index is 0.0164. The monoisotopic (exact) mass is 367 g/mol. The first-order valence-corrected chi connectivity index (χ1v) is 8.40. The van der Waals surface area contributed by atoms with Crippen LogP contribution in [0.5, 0.6) is 0 Å². The highest BCUT2D eigenvalue weighted by Gasteiger charge is 2.33. The van der Waals surface area contributed by atoms with Gasteiger partial charge in [-0.25, -0.2) is 0 Å². The topological polar surface area (TPSA) is 58.4 Å². The van der Waals surface area contributed by atoms with Gasteiger partial charge in [0.2, 0.25) is 0 Å². The Morgan fingerprint density at radius 3 is 2.54 bits per heavy atom. The largest absolute Gasteiger partial charge is 0.466 e. The molecule has 140 valence electrons. The second kappa shape index (κ2) is 7.01. The molecular formula is C18H20F3N3O2. The maximum Gasteiger partial charge on any atom is 0.433 e. The van der Waals surface area contributed by atoms with Crippen LogP contribution in [0, 0.1) is 13.8 Å². The summed E-state index contributed by atoms with van der Waals surface area (Å²) in [6.45, 7) is 4.66. The molecule has 3 rings (SSSR count). The summed E-state index contributed by atoms with van der Waals surface area (Å²) in [4.78, 5) is 17.6. The average Bonchev–Trinajstić information content (AvgIpc) is 2.93. The van der Waals surface area contributed by atoms with Gasteiger partial charge in [-0.05, 0) is 44.9 Å². The lowest BCUT2D eigenvalue weighted by Crippen LogP contribution is -2.44. The molecular weight excluding hydrogens is 347 g/mol. The fourth-order valence-electron chi connectivity index (χ4n) is 3.17. The highest BCUT2D eigenvalue weighted by atomic mass is 19.4. The lowest BCUT2D eigenvalue weighted by atomic mass is 10.0. The van der Waals surface area contributed by atoms with E-state index in [4.69, 9.17) is 4.42 Å². The van der Waals surface area contributed by atoms with Crippen LogP contribution in [0.2, 0.25) is 0 Å². The van der Waals surface area contributed by atoms with E-state index in [-0.39, 0.29) is 11.9 Å². The molecule has 0 atom stereocenters. The number of aromatic nitrogens is 1. The van der Waals surface area contributed by atoms with Crippen LogP contribution in [0.25, 0.3) is 0 Å². The number of amides is 1. The van der Waals surface area contributed by atoms with Crippen molar-refractivity contribution >= 4 is 11.6 Å². The molecule has 8 heteroatoms. The molecule has 1 N–H and O–H groups in total. The number of anilines is 1. The van der Waals surface area contributed by atoms with Crippen LogP contribution in [0.4, 0.5) is 18.9 Å². The number of hydrogen-bond donors (Lipinski definition) is 1. The van der Waals surface area contributed by atoms with Crippen molar-refractivity contribution < 1.29 is 22.4 Å². The van der Waals surface area contributed by atoms with Crippen molar-refractivity contribution in [3.8, 4) is 0 Å². The predicted octanol–water partition coefficient (Wildman–Crippen LogP) is 3.71. The van der Waals surface area contributed by atoms with E-state index in [0.29, 0.717) is 48.7 Å². The molecule has 1 saturated heterocycles. The fourth-order valence-corrected chi connectivity index (χ4v) is 3.17. The van der Waals surface area contributed by atoms with Crippen molar-refractivity contribution in [1.82, 2.24) is 10.3 Å². The van der Waals surface area contributed by atoms with Crippen LogP contribution in [-0.2, 0) is 6.18 Å². The lowest BCUT2D eigenvalue weighted by molar-refractivity contribution is -0.141. The summed E-state index contributed by atoms with van der Waals surface area (Å²) >= 11 is 0. The van der Waals surface area contributed by atoms with Gasteiger partial charge in [0.25, 0.3) is 5.91 Å². The standard InChI is InChI=1S/C18H20F3N3O2/c1-11-9-15(12(2)26-11)17(25)23-13-4-7-24(8-5-13)14-3-6-22-16(10-14)18(19,20)21/h3,6,9-10,13H,4-5,7-8H2,1-2H3,(H,23,25). The summed E-state index contributed by atoms with van der Waals surface area (Å²) in [7, 11) is 0. The quantitative estimate of drug-likeness (QED) is 0.899. The zero-order chi connectivity index (χ0) is 18.9. The molecule has 0 aliphatic carbocycles. The van der Waals surface area contributed by atoms with Crippen molar-refractivity contribution in [3.05, 3.63) is 47.2 Å². The van der Waals surface area contributed by atoms with Crippen LogP contribution >= 0.6 is 0 Å². The van der Waals surface area contributed by atoms with Gasteiger partial charge in [-0.1, -0.05) is 0 Å². The number of pyridine rings is 1. The Balaban J connectivity index is 1.59. The summed E-state index contributed by atoms with van der Waals surface area (Å²) in [6.07, 6.45) is -1.96. The van der Waals surface area contributed by atoms with E-state index in [2.05, 4.69) is 10.3 Å². The third-order valence-corrected chi connectivity index (χ3v) is 4.51. The highest BCUT2D eigenvalue weighted by Crippen LogP contribution is 2.30. The Morgan fingerprint density at radius 1 is 1.27 bits per heavy atom. The van der Waals surface area contributed by atoms with Gasteiger partial charge in [0.1, 0.15) is 17.2 Å². The van der Waals surface area contributed by atoms with E-state index < -0.39 is 11.9 Å². The normalized spacial score (nSPS) is 16.0. The molecule has 5 nitrogen and oxygen atoms in total. The SMILES string of the molecule is Cc1cc(C(=O)NC2CCN(c3ccnc(C(F)(F)F)c3)CC2)c(C)o1. The molecule has 0 unspecified atom stereocenters. The predicted molar refractivity (Wildman–Crippen MR) is 90.1 cm³/mol. The highest BCUT2D eigenvalue weighted by molar-refractivity contribution is 5.95. The van der Waals surface area contributed by atoms with Gasteiger partial charge >= 0.3 is 6.18 Å². The zero-order valence-electron chi connectivity index (χ0n) is 14.6. The second-order valence-electron chi connectivity index (χ2n) is 6.46. The van der Waals surface area contributed by atoms with E-state index in [1.165, 1.54) is 6.20 Å². The number of carbonyl (C=O) groups excluding carboxylic acids is 1.